The average molecular weight is 255 g/mol. The zero-order valence-electron chi connectivity index (χ0n) is 11.0. The monoisotopic (exact) mass is 255 g/mol. The van der Waals surface area contributed by atoms with Crippen LogP contribution in [0.3, 0.4) is 0 Å². The van der Waals surface area contributed by atoms with Gasteiger partial charge in [-0.05, 0) is 26.2 Å². The van der Waals surface area contributed by atoms with Gasteiger partial charge in [-0.25, -0.2) is 4.98 Å². The molecule has 3 N–H and O–H groups in total. The number of nitrogens with zero attached hydrogens (tertiary/aromatic N) is 1. The Morgan fingerprint density at radius 2 is 1.88 bits per heavy atom. The minimum Gasteiger partial charge on any atom is -0.375 e. The lowest BCUT2D eigenvalue weighted by Crippen LogP contribution is -2.47. The minimum atomic E-state index is -0.109. The molecule has 1 rings (SSSR count). The molecule has 0 spiro atoms. The number of anilines is 1. The van der Waals surface area contributed by atoms with Gasteiger partial charge in [0.05, 0.1) is 5.69 Å². The van der Waals surface area contributed by atoms with Crippen molar-refractivity contribution in [3.8, 4) is 0 Å². The molecule has 0 saturated carbocycles. The first-order valence-electron chi connectivity index (χ1n) is 6.03. The maximum absolute atomic E-state index is 12.2. The summed E-state index contributed by atoms with van der Waals surface area (Å²) in [5, 5.41) is 3.57. The highest BCUT2D eigenvalue weighted by Crippen LogP contribution is 2.23. The molecule has 96 valence electrons. The summed E-state index contributed by atoms with van der Waals surface area (Å²) in [6, 6.07) is 0. The minimum absolute atomic E-state index is 0.0535. The van der Waals surface area contributed by atoms with Crippen molar-refractivity contribution in [1.29, 1.82) is 0 Å². The van der Waals surface area contributed by atoms with Crippen LogP contribution < -0.4 is 11.1 Å². The summed E-state index contributed by atoms with van der Waals surface area (Å²) in [4.78, 5) is 16.9. The molecule has 0 aliphatic heterocycles. The number of aromatic nitrogens is 1. The van der Waals surface area contributed by atoms with Crippen LogP contribution in [0, 0.1) is 6.92 Å². The number of nitrogens with two attached hydrogens (primary N) is 1. The molecule has 0 atom stereocenters. The van der Waals surface area contributed by atoms with Crippen molar-refractivity contribution in [2.45, 2.75) is 52.5 Å². The van der Waals surface area contributed by atoms with Gasteiger partial charge in [-0.1, -0.05) is 32.1 Å². The molecule has 1 aromatic rings. The molecule has 17 heavy (non-hydrogen) atoms. The molecule has 0 aliphatic rings. The van der Waals surface area contributed by atoms with Crippen molar-refractivity contribution in [3.63, 3.8) is 0 Å². The van der Waals surface area contributed by atoms with Crippen LogP contribution in [0.2, 0.25) is 0 Å². The number of rotatable bonds is 5. The van der Waals surface area contributed by atoms with E-state index in [1.54, 1.807) is 0 Å². The Balaban J connectivity index is 2.88. The van der Waals surface area contributed by atoms with E-state index < -0.39 is 0 Å². The van der Waals surface area contributed by atoms with Gasteiger partial charge >= 0.3 is 0 Å². The molecule has 0 radical (unpaired) electrons. The smallest absolute Gasteiger partial charge is 0.263 e. The fraction of sp³-hybridized carbons (Fsp3) is 0.667. The molecule has 0 aromatic carbocycles. The molecule has 0 fully saturated rings. The summed E-state index contributed by atoms with van der Waals surface area (Å²) in [7, 11) is 0. The van der Waals surface area contributed by atoms with E-state index >= 15 is 0 Å². The van der Waals surface area contributed by atoms with E-state index in [4.69, 9.17) is 5.73 Å². The Morgan fingerprint density at radius 3 is 2.24 bits per heavy atom. The lowest BCUT2D eigenvalue weighted by molar-refractivity contribution is 0.0891. The van der Waals surface area contributed by atoms with Crippen LogP contribution in [-0.4, -0.2) is 16.4 Å². The molecular weight excluding hydrogens is 234 g/mol. The summed E-state index contributed by atoms with van der Waals surface area (Å²) in [6.07, 6.45) is 2.79. The van der Waals surface area contributed by atoms with E-state index in [2.05, 4.69) is 31.1 Å². The molecule has 0 saturated heterocycles. The van der Waals surface area contributed by atoms with E-state index in [9.17, 15) is 4.79 Å². The van der Waals surface area contributed by atoms with Gasteiger partial charge < -0.3 is 11.1 Å². The van der Waals surface area contributed by atoms with Gasteiger partial charge in [-0.2, -0.15) is 0 Å². The first-order valence-corrected chi connectivity index (χ1v) is 6.85. The molecule has 1 heterocycles. The zero-order valence-corrected chi connectivity index (χ0v) is 11.8. The summed E-state index contributed by atoms with van der Waals surface area (Å²) >= 11 is 1.25. The second-order valence-electron chi connectivity index (χ2n) is 4.26. The summed E-state index contributed by atoms with van der Waals surface area (Å²) in [6.45, 7) is 8.11. The quantitative estimate of drug-likeness (QED) is 0.850. The third kappa shape index (κ3) is 2.97. The van der Waals surface area contributed by atoms with Gasteiger partial charge in [0, 0.05) is 5.54 Å². The largest absolute Gasteiger partial charge is 0.375 e. The maximum atomic E-state index is 12.2. The number of carbonyl (C=O) groups is 1. The van der Waals surface area contributed by atoms with Gasteiger partial charge in [0.25, 0.3) is 5.91 Å². The maximum Gasteiger partial charge on any atom is 0.263 e. The SMILES string of the molecule is CCC(CC)(CC)NC(=O)c1sc(N)nc1C. The van der Waals surface area contributed by atoms with Crippen molar-refractivity contribution in [2.75, 3.05) is 5.73 Å². The number of nitrogens with one attached hydrogen (secondary N) is 1. The van der Waals surface area contributed by atoms with Crippen LogP contribution in [0.15, 0.2) is 0 Å². The van der Waals surface area contributed by atoms with Crippen LogP contribution in [0.1, 0.15) is 55.4 Å². The predicted molar refractivity (Wildman–Crippen MR) is 72.3 cm³/mol. The number of carbonyl (C=O) groups excluding carboxylic acids is 1. The topological polar surface area (TPSA) is 68.0 Å². The molecule has 0 bridgehead atoms. The standard InChI is InChI=1S/C12H21N3OS/c1-5-12(6-2,7-3)15-10(16)9-8(4)14-11(13)17-9/h5-7H2,1-4H3,(H2,13,14)(H,15,16). The Morgan fingerprint density at radius 1 is 1.35 bits per heavy atom. The molecule has 0 unspecified atom stereocenters. The third-order valence-corrected chi connectivity index (χ3v) is 4.41. The first-order chi connectivity index (χ1) is 7.98. The van der Waals surface area contributed by atoms with Gasteiger partial charge in [-0.15, -0.1) is 0 Å². The van der Waals surface area contributed by atoms with Gasteiger partial charge in [-0.3, -0.25) is 4.79 Å². The Kier molecular flexibility index (Phi) is 4.51. The molecule has 1 aromatic heterocycles. The number of aryl methyl sites for hydroxylation is 1. The number of amides is 1. The second-order valence-corrected chi connectivity index (χ2v) is 5.29. The van der Waals surface area contributed by atoms with Gasteiger partial charge in [0.2, 0.25) is 0 Å². The molecule has 5 heteroatoms. The molecule has 0 aliphatic carbocycles. The zero-order chi connectivity index (χ0) is 13.1. The Labute approximate surface area is 107 Å². The normalized spacial score (nSPS) is 11.5. The van der Waals surface area contributed by atoms with E-state index in [1.165, 1.54) is 11.3 Å². The first kappa shape index (κ1) is 14.0. The number of hydrogen-bond donors (Lipinski definition) is 2. The van der Waals surface area contributed by atoms with Gasteiger partial charge in [0.15, 0.2) is 5.13 Å². The second kappa shape index (κ2) is 5.49. The van der Waals surface area contributed by atoms with Crippen molar-refractivity contribution in [1.82, 2.24) is 10.3 Å². The summed E-state index contributed by atoms with van der Waals surface area (Å²) in [5.41, 5.74) is 6.21. The van der Waals surface area contributed by atoms with Crippen LogP contribution in [0.5, 0.6) is 0 Å². The third-order valence-electron chi connectivity index (χ3n) is 3.43. The lowest BCUT2D eigenvalue weighted by Gasteiger charge is -2.31. The predicted octanol–water partition coefficient (Wildman–Crippen LogP) is 2.73. The van der Waals surface area contributed by atoms with Crippen LogP contribution in [0.25, 0.3) is 0 Å². The van der Waals surface area contributed by atoms with Gasteiger partial charge in [0.1, 0.15) is 4.88 Å². The summed E-state index contributed by atoms with van der Waals surface area (Å²) in [5.74, 6) is -0.0535. The Hall–Kier alpha value is -1.10. The van der Waals surface area contributed by atoms with E-state index in [1.807, 2.05) is 6.92 Å². The fourth-order valence-electron chi connectivity index (χ4n) is 1.94. The van der Waals surface area contributed by atoms with Crippen molar-refractivity contribution >= 4 is 22.4 Å². The van der Waals surface area contributed by atoms with Crippen LogP contribution in [-0.2, 0) is 0 Å². The van der Waals surface area contributed by atoms with E-state index in [0.29, 0.717) is 15.7 Å². The average Bonchev–Trinajstić information content (AvgIpc) is 2.65. The van der Waals surface area contributed by atoms with Crippen LogP contribution >= 0.6 is 11.3 Å². The lowest BCUT2D eigenvalue weighted by atomic mass is 9.90. The number of thiazole rings is 1. The fourth-order valence-corrected chi connectivity index (χ4v) is 2.67. The van der Waals surface area contributed by atoms with E-state index in [0.717, 1.165) is 19.3 Å². The highest BCUT2D eigenvalue weighted by Gasteiger charge is 2.27. The number of nitrogen functional groups attached to an aromatic ring is 1. The highest BCUT2D eigenvalue weighted by molar-refractivity contribution is 7.17. The Bertz CT molecular complexity index is 388. The van der Waals surface area contributed by atoms with Crippen molar-refractivity contribution in [2.24, 2.45) is 0 Å². The van der Waals surface area contributed by atoms with Crippen molar-refractivity contribution < 1.29 is 4.79 Å². The number of hydrogen-bond acceptors (Lipinski definition) is 4. The molecule has 1 amide bonds. The van der Waals surface area contributed by atoms with E-state index in [-0.39, 0.29) is 11.4 Å². The van der Waals surface area contributed by atoms with Crippen LogP contribution in [0.4, 0.5) is 5.13 Å². The van der Waals surface area contributed by atoms with Crippen molar-refractivity contribution in [3.05, 3.63) is 10.6 Å². The highest BCUT2D eigenvalue weighted by atomic mass is 32.1. The molecular formula is C12H21N3OS. The summed E-state index contributed by atoms with van der Waals surface area (Å²) < 4.78 is 0. The molecule has 4 nitrogen and oxygen atoms in total.